The summed E-state index contributed by atoms with van der Waals surface area (Å²) >= 11 is 1.35. The van der Waals surface area contributed by atoms with Crippen LogP contribution in [0, 0.1) is 5.92 Å². The van der Waals surface area contributed by atoms with E-state index in [1.807, 2.05) is 28.5 Å². The minimum atomic E-state index is -0.186. The molecule has 132 valence electrons. The van der Waals surface area contributed by atoms with Crippen molar-refractivity contribution in [3.05, 3.63) is 47.0 Å². The van der Waals surface area contributed by atoms with Crippen molar-refractivity contribution >= 4 is 28.3 Å². The number of aromatic nitrogens is 1. The molecular weight excluding hydrogens is 334 g/mol. The lowest BCUT2D eigenvalue weighted by atomic mass is 10.2. The maximum atomic E-state index is 12.5. The molecule has 0 radical (unpaired) electrons. The zero-order valence-corrected chi connectivity index (χ0v) is 15.2. The van der Waals surface area contributed by atoms with E-state index in [1.165, 1.54) is 24.2 Å². The Morgan fingerprint density at radius 1 is 1.28 bits per heavy atom. The number of amides is 2. The monoisotopic (exact) mass is 357 g/mol. The highest BCUT2D eigenvalue weighted by Gasteiger charge is 2.26. The summed E-state index contributed by atoms with van der Waals surface area (Å²) in [6.45, 7) is 3.76. The first-order valence-corrected chi connectivity index (χ1v) is 9.62. The van der Waals surface area contributed by atoms with Gasteiger partial charge in [0.1, 0.15) is 0 Å². The van der Waals surface area contributed by atoms with E-state index in [0.29, 0.717) is 23.0 Å². The Labute approximate surface area is 152 Å². The van der Waals surface area contributed by atoms with Gasteiger partial charge in [-0.05, 0) is 37.3 Å². The summed E-state index contributed by atoms with van der Waals surface area (Å²) in [5.74, 6) is 0.626. The molecular formula is C19H23N3O2S. The first kappa shape index (κ1) is 17.6. The molecule has 6 heteroatoms. The number of rotatable bonds is 8. The Hall–Kier alpha value is -2.21. The molecule has 1 aromatic carbocycles. The molecule has 1 saturated carbocycles. The normalized spacial score (nSPS) is 13.5. The number of nitrogens with zero attached hydrogens (tertiary/aromatic N) is 2. The Morgan fingerprint density at radius 2 is 2.04 bits per heavy atom. The number of carbonyl (C=O) groups is 2. The van der Waals surface area contributed by atoms with Gasteiger partial charge >= 0.3 is 0 Å². The van der Waals surface area contributed by atoms with Crippen molar-refractivity contribution in [2.75, 3.05) is 18.4 Å². The maximum absolute atomic E-state index is 12.5. The highest BCUT2D eigenvalue weighted by molar-refractivity contribution is 7.14. The molecule has 1 aromatic heterocycles. The van der Waals surface area contributed by atoms with Crippen molar-refractivity contribution in [3.63, 3.8) is 0 Å². The second kappa shape index (κ2) is 8.25. The standard InChI is InChI=1S/C19H23N3O2S/c1-2-10-22(12-14-8-9-14)17(23)11-16-13-25-19(20-16)21-18(24)15-6-4-3-5-7-15/h3-7,13-14H,2,8-12H2,1H3,(H,20,21,24). The number of anilines is 1. The molecule has 0 aliphatic heterocycles. The predicted octanol–water partition coefficient (Wildman–Crippen LogP) is 3.59. The molecule has 1 aliphatic rings. The number of hydrogen-bond acceptors (Lipinski definition) is 4. The van der Waals surface area contributed by atoms with Crippen LogP contribution in [0.1, 0.15) is 42.2 Å². The Kier molecular flexibility index (Phi) is 5.81. The van der Waals surface area contributed by atoms with Gasteiger partial charge in [-0.1, -0.05) is 25.1 Å². The van der Waals surface area contributed by atoms with E-state index in [4.69, 9.17) is 0 Å². The van der Waals surface area contributed by atoms with Gasteiger partial charge in [0.05, 0.1) is 12.1 Å². The number of thiazole rings is 1. The van der Waals surface area contributed by atoms with Crippen LogP contribution in [0.2, 0.25) is 0 Å². The third kappa shape index (κ3) is 5.13. The summed E-state index contributed by atoms with van der Waals surface area (Å²) in [5.41, 5.74) is 1.31. The highest BCUT2D eigenvalue weighted by Crippen LogP contribution is 2.30. The molecule has 5 nitrogen and oxygen atoms in total. The molecule has 0 saturated heterocycles. The van der Waals surface area contributed by atoms with E-state index >= 15 is 0 Å². The Bertz CT molecular complexity index is 725. The average Bonchev–Trinajstić information content (AvgIpc) is 3.34. The minimum absolute atomic E-state index is 0.125. The van der Waals surface area contributed by atoms with Crippen molar-refractivity contribution in [2.45, 2.75) is 32.6 Å². The van der Waals surface area contributed by atoms with Gasteiger partial charge in [0.15, 0.2) is 5.13 Å². The first-order valence-electron chi connectivity index (χ1n) is 8.74. The van der Waals surface area contributed by atoms with Gasteiger partial charge in [0, 0.05) is 24.0 Å². The first-order chi connectivity index (χ1) is 12.2. The zero-order valence-electron chi connectivity index (χ0n) is 14.4. The van der Waals surface area contributed by atoms with Gasteiger partial charge in [-0.3, -0.25) is 14.9 Å². The second-order valence-corrected chi connectivity index (χ2v) is 7.28. The largest absolute Gasteiger partial charge is 0.342 e. The van der Waals surface area contributed by atoms with Crippen LogP contribution in [-0.2, 0) is 11.2 Å². The van der Waals surface area contributed by atoms with Gasteiger partial charge in [0.2, 0.25) is 5.91 Å². The number of carbonyl (C=O) groups excluding carboxylic acids is 2. The van der Waals surface area contributed by atoms with Gasteiger partial charge in [0.25, 0.3) is 5.91 Å². The van der Waals surface area contributed by atoms with Gasteiger partial charge < -0.3 is 4.90 Å². The van der Waals surface area contributed by atoms with Crippen LogP contribution < -0.4 is 5.32 Å². The minimum Gasteiger partial charge on any atom is -0.342 e. The molecule has 1 heterocycles. The molecule has 2 aromatic rings. The van der Waals surface area contributed by atoms with Crippen LogP contribution in [0.5, 0.6) is 0 Å². The smallest absolute Gasteiger partial charge is 0.257 e. The van der Waals surface area contributed by atoms with Crippen molar-refractivity contribution in [3.8, 4) is 0 Å². The summed E-state index contributed by atoms with van der Waals surface area (Å²) in [5, 5.41) is 5.17. The molecule has 1 fully saturated rings. The number of nitrogens with one attached hydrogen (secondary N) is 1. The summed E-state index contributed by atoms with van der Waals surface area (Å²) in [6, 6.07) is 9.03. The Balaban J connectivity index is 1.57. The number of hydrogen-bond donors (Lipinski definition) is 1. The fraction of sp³-hybridized carbons (Fsp3) is 0.421. The summed E-state index contributed by atoms with van der Waals surface area (Å²) in [6.07, 6.45) is 3.73. The van der Waals surface area contributed by atoms with Crippen LogP contribution in [0.4, 0.5) is 5.13 Å². The quantitative estimate of drug-likeness (QED) is 0.785. The third-order valence-corrected chi connectivity index (χ3v) is 4.97. The van der Waals surface area contributed by atoms with Crippen LogP contribution in [0.15, 0.2) is 35.7 Å². The topological polar surface area (TPSA) is 62.3 Å². The molecule has 0 spiro atoms. The average molecular weight is 357 g/mol. The lowest BCUT2D eigenvalue weighted by molar-refractivity contribution is -0.130. The summed E-state index contributed by atoms with van der Waals surface area (Å²) < 4.78 is 0. The molecule has 1 N–H and O–H groups in total. The molecule has 2 amide bonds. The fourth-order valence-electron chi connectivity index (χ4n) is 2.67. The van der Waals surface area contributed by atoms with E-state index in [9.17, 15) is 9.59 Å². The summed E-state index contributed by atoms with van der Waals surface area (Å²) in [7, 11) is 0. The second-order valence-electron chi connectivity index (χ2n) is 6.42. The SMILES string of the molecule is CCCN(CC1CC1)C(=O)Cc1csc(NC(=O)c2ccccc2)n1. The maximum Gasteiger partial charge on any atom is 0.257 e. The lowest BCUT2D eigenvalue weighted by Crippen LogP contribution is -2.34. The van der Waals surface area contributed by atoms with Crippen LogP contribution in [-0.4, -0.2) is 34.8 Å². The summed E-state index contributed by atoms with van der Waals surface area (Å²) in [4.78, 5) is 31.0. The van der Waals surface area contributed by atoms with Crippen molar-refractivity contribution in [1.82, 2.24) is 9.88 Å². The number of benzene rings is 1. The zero-order chi connectivity index (χ0) is 17.6. The van der Waals surface area contributed by atoms with Crippen LogP contribution in [0.3, 0.4) is 0 Å². The van der Waals surface area contributed by atoms with E-state index in [-0.39, 0.29) is 11.8 Å². The van der Waals surface area contributed by atoms with E-state index in [0.717, 1.165) is 25.2 Å². The van der Waals surface area contributed by atoms with E-state index in [2.05, 4.69) is 17.2 Å². The van der Waals surface area contributed by atoms with Crippen molar-refractivity contribution in [2.24, 2.45) is 5.92 Å². The lowest BCUT2D eigenvalue weighted by Gasteiger charge is -2.21. The fourth-order valence-corrected chi connectivity index (χ4v) is 3.38. The molecule has 0 atom stereocenters. The molecule has 0 unspecified atom stereocenters. The van der Waals surface area contributed by atoms with Crippen molar-refractivity contribution in [1.29, 1.82) is 0 Å². The highest BCUT2D eigenvalue weighted by atomic mass is 32.1. The van der Waals surface area contributed by atoms with Gasteiger partial charge in [-0.15, -0.1) is 11.3 Å². The Morgan fingerprint density at radius 3 is 2.72 bits per heavy atom. The van der Waals surface area contributed by atoms with E-state index < -0.39 is 0 Å². The van der Waals surface area contributed by atoms with Gasteiger partial charge in [-0.2, -0.15) is 0 Å². The molecule has 0 bridgehead atoms. The van der Waals surface area contributed by atoms with Gasteiger partial charge in [-0.25, -0.2) is 4.98 Å². The molecule has 1 aliphatic carbocycles. The van der Waals surface area contributed by atoms with Crippen LogP contribution >= 0.6 is 11.3 Å². The molecule has 3 rings (SSSR count). The molecule has 25 heavy (non-hydrogen) atoms. The van der Waals surface area contributed by atoms with Crippen LogP contribution in [0.25, 0.3) is 0 Å². The third-order valence-electron chi connectivity index (χ3n) is 4.16. The van der Waals surface area contributed by atoms with E-state index in [1.54, 1.807) is 12.1 Å². The predicted molar refractivity (Wildman–Crippen MR) is 99.8 cm³/mol. The van der Waals surface area contributed by atoms with Crippen molar-refractivity contribution < 1.29 is 9.59 Å².